The van der Waals surface area contributed by atoms with Crippen molar-refractivity contribution in [3.63, 3.8) is 0 Å². The number of fused-ring (bicyclic) bond motifs is 1. The number of halogens is 1. The Morgan fingerprint density at radius 3 is 2.71 bits per heavy atom. The van der Waals surface area contributed by atoms with Crippen molar-refractivity contribution in [3.05, 3.63) is 65.6 Å². The fourth-order valence-electron chi connectivity index (χ4n) is 4.88. The molecule has 1 atom stereocenters. The number of anilines is 1. The Bertz CT molecular complexity index is 1200. The maximum Gasteiger partial charge on any atom is 0.318 e. The van der Waals surface area contributed by atoms with Crippen LogP contribution in [0.5, 0.6) is 0 Å². The minimum absolute atomic E-state index is 0.0137. The monoisotopic (exact) mass is 492 g/mol. The van der Waals surface area contributed by atoms with Gasteiger partial charge in [-0.15, -0.1) is 0 Å². The average Bonchev–Trinajstić information content (AvgIpc) is 3.05. The third-order valence-corrected chi connectivity index (χ3v) is 7.00. The van der Waals surface area contributed by atoms with Gasteiger partial charge in [0.15, 0.2) is 0 Å². The number of amides is 3. The second-order valence-corrected chi connectivity index (χ2v) is 9.52. The molecule has 2 aromatic heterocycles. The summed E-state index contributed by atoms with van der Waals surface area (Å²) in [6.07, 6.45) is 7.81. The van der Waals surface area contributed by atoms with Gasteiger partial charge in [0, 0.05) is 74.0 Å². The van der Waals surface area contributed by atoms with Crippen LogP contribution in [-0.2, 0) is 11.3 Å². The molecule has 2 fully saturated rings. The van der Waals surface area contributed by atoms with E-state index in [1.807, 2.05) is 41.3 Å². The smallest absolute Gasteiger partial charge is 0.318 e. The molecule has 1 aromatic carbocycles. The lowest BCUT2D eigenvalue weighted by Crippen LogP contribution is -2.56. The molecule has 8 nitrogen and oxygen atoms in total. The summed E-state index contributed by atoms with van der Waals surface area (Å²) in [6, 6.07) is 10.9. The summed E-state index contributed by atoms with van der Waals surface area (Å²) >= 11 is 6.13. The van der Waals surface area contributed by atoms with Gasteiger partial charge in [-0.3, -0.25) is 14.8 Å². The first-order valence-corrected chi connectivity index (χ1v) is 12.5. The molecule has 0 aliphatic carbocycles. The maximum atomic E-state index is 13.2. The topological polar surface area (TPSA) is 81.7 Å². The number of benzene rings is 1. The molecule has 3 amide bonds. The predicted molar refractivity (Wildman–Crippen MR) is 136 cm³/mol. The average molecular weight is 493 g/mol. The van der Waals surface area contributed by atoms with Crippen molar-refractivity contribution < 1.29 is 9.59 Å². The summed E-state index contributed by atoms with van der Waals surface area (Å²) in [5, 5.41) is 4.73. The standard InChI is InChI=1S/C26H29ClN6O2/c27-20-6-7-21-23(16-20)29-10-8-24(21)31-12-14-32(15-13-31)26(35)30-22-5-1-2-11-33(25(22)34)18-19-4-3-9-28-17-19/h3-4,6-10,16-17,22H,1-2,5,11-15,18H2,(H,30,35). The van der Waals surface area contributed by atoms with E-state index in [9.17, 15) is 9.59 Å². The van der Waals surface area contributed by atoms with E-state index in [1.54, 1.807) is 23.5 Å². The summed E-state index contributed by atoms with van der Waals surface area (Å²) in [6.45, 7) is 3.81. The molecule has 0 bridgehead atoms. The highest BCUT2D eigenvalue weighted by atomic mass is 35.5. The fraction of sp³-hybridized carbons (Fsp3) is 0.385. The van der Waals surface area contributed by atoms with Crippen molar-refractivity contribution in [3.8, 4) is 0 Å². The lowest BCUT2D eigenvalue weighted by Gasteiger charge is -2.37. The van der Waals surface area contributed by atoms with Gasteiger partial charge in [0.05, 0.1) is 5.52 Å². The van der Waals surface area contributed by atoms with E-state index < -0.39 is 6.04 Å². The first kappa shape index (κ1) is 23.4. The number of likely N-dealkylation sites (tertiary alicyclic amines) is 1. The Balaban J connectivity index is 1.20. The minimum atomic E-state index is -0.492. The molecule has 0 saturated carbocycles. The van der Waals surface area contributed by atoms with Gasteiger partial charge in [0.25, 0.3) is 0 Å². The van der Waals surface area contributed by atoms with E-state index in [4.69, 9.17) is 11.6 Å². The minimum Gasteiger partial charge on any atom is -0.367 e. The lowest BCUT2D eigenvalue weighted by molar-refractivity contribution is -0.133. The Hall–Kier alpha value is -3.39. The largest absolute Gasteiger partial charge is 0.367 e. The number of hydrogen-bond acceptors (Lipinski definition) is 5. The van der Waals surface area contributed by atoms with Gasteiger partial charge in [-0.1, -0.05) is 17.7 Å². The van der Waals surface area contributed by atoms with E-state index >= 15 is 0 Å². The summed E-state index contributed by atoms with van der Waals surface area (Å²) in [5.41, 5.74) is 2.95. The third kappa shape index (κ3) is 5.32. The maximum absolute atomic E-state index is 13.2. The first-order valence-electron chi connectivity index (χ1n) is 12.1. The third-order valence-electron chi connectivity index (χ3n) is 6.76. The van der Waals surface area contributed by atoms with Crippen LogP contribution in [0.2, 0.25) is 5.02 Å². The highest BCUT2D eigenvalue weighted by Gasteiger charge is 2.31. The SMILES string of the molecule is O=C(NC1CCCCN(Cc2cccnc2)C1=O)N1CCN(c2ccnc3cc(Cl)ccc23)CC1. The number of pyridine rings is 2. The van der Waals surface area contributed by atoms with Crippen LogP contribution in [0.3, 0.4) is 0 Å². The van der Waals surface area contributed by atoms with Crippen LogP contribution < -0.4 is 10.2 Å². The van der Waals surface area contributed by atoms with E-state index in [0.717, 1.165) is 35.0 Å². The van der Waals surface area contributed by atoms with Crippen LogP contribution in [0.15, 0.2) is 55.0 Å². The van der Waals surface area contributed by atoms with Crippen molar-refractivity contribution in [2.75, 3.05) is 37.6 Å². The number of hydrogen-bond donors (Lipinski definition) is 1. The molecule has 0 radical (unpaired) electrons. The van der Waals surface area contributed by atoms with Crippen molar-refractivity contribution in [2.45, 2.75) is 31.8 Å². The molecule has 2 aliphatic heterocycles. The van der Waals surface area contributed by atoms with E-state index in [1.165, 1.54) is 0 Å². The zero-order valence-electron chi connectivity index (χ0n) is 19.6. The number of nitrogens with one attached hydrogen (secondary N) is 1. The van der Waals surface area contributed by atoms with Crippen molar-refractivity contribution in [1.82, 2.24) is 25.1 Å². The molecule has 4 heterocycles. The fourth-order valence-corrected chi connectivity index (χ4v) is 5.05. The molecule has 2 saturated heterocycles. The number of aromatic nitrogens is 2. The molecular formula is C26H29ClN6O2. The molecule has 2 aliphatic rings. The number of piperazine rings is 1. The van der Waals surface area contributed by atoms with Gasteiger partial charge in [0.2, 0.25) is 5.91 Å². The Labute approximate surface area is 209 Å². The highest BCUT2D eigenvalue weighted by Crippen LogP contribution is 2.28. The summed E-state index contributed by atoms with van der Waals surface area (Å²) in [5.74, 6) is -0.0137. The number of carbonyl (C=O) groups is 2. The molecule has 5 rings (SSSR count). The van der Waals surface area contributed by atoms with E-state index in [0.29, 0.717) is 50.7 Å². The quantitative estimate of drug-likeness (QED) is 0.600. The van der Waals surface area contributed by atoms with Gasteiger partial charge >= 0.3 is 6.03 Å². The van der Waals surface area contributed by atoms with Crippen LogP contribution >= 0.6 is 11.6 Å². The number of carbonyl (C=O) groups excluding carboxylic acids is 2. The first-order chi connectivity index (χ1) is 17.1. The molecule has 1 N–H and O–H groups in total. The molecule has 1 unspecified atom stereocenters. The molecule has 9 heteroatoms. The second-order valence-electron chi connectivity index (χ2n) is 9.08. The number of rotatable bonds is 4. The van der Waals surface area contributed by atoms with E-state index in [-0.39, 0.29) is 11.9 Å². The molecule has 182 valence electrons. The van der Waals surface area contributed by atoms with Gasteiger partial charge in [-0.25, -0.2) is 4.79 Å². The van der Waals surface area contributed by atoms with Crippen molar-refractivity contribution in [1.29, 1.82) is 0 Å². The Morgan fingerprint density at radius 1 is 1.06 bits per heavy atom. The molecule has 0 spiro atoms. The highest BCUT2D eigenvalue weighted by molar-refractivity contribution is 6.31. The zero-order chi connectivity index (χ0) is 24.2. The zero-order valence-corrected chi connectivity index (χ0v) is 20.3. The normalized spacial score (nSPS) is 19.1. The predicted octanol–water partition coefficient (Wildman–Crippen LogP) is 3.70. The summed E-state index contributed by atoms with van der Waals surface area (Å²) in [4.78, 5) is 40.8. The van der Waals surface area contributed by atoms with Crippen LogP contribution in [0.1, 0.15) is 24.8 Å². The Kier molecular flexibility index (Phi) is 6.99. The van der Waals surface area contributed by atoms with Crippen LogP contribution in [-0.4, -0.2) is 70.5 Å². The summed E-state index contributed by atoms with van der Waals surface area (Å²) in [7, 11) is 0. The van der Waals surface area contributed by atoms with Gasteiger partial charge in [-0.05, 0) is 55.2 Å². The molecular weight excluding hydrogens is 464 g/mol. The van der Waals surface area contributed by atoms with Gasteiger partial charge in [-0.2, -0.15) is 0 Å². The van der Waals surface area contributed by atoms with Gasteiger partial charge in [0.1, 0.15) is 6.04 Å². The second kappa shape index (κ2) is 10.5. The van der Waals surface area contributed by atoms with Gasteiger partial charge < -0.3 is 20.0 Å². The van der Waals surface area contributed by atoms with Crippen molar-refractivity contribution >= 4 is 40.1 Å². The molecule has 3 aromatic rings. The van der Waals surface area contributed by atoms with Crippen molar-refractivity contribution in [2.24, 2.45) is 0 Å². The number of nitrogens with zero attached hydrogens (tertiary/aromatic N) is 5. The lowest BCUT2D eigenvalue weighted by atomic mass is 10.1. The number of urea groups is 1. The Morgan fingerprint density at radius 2 is 1.91 bits per heavy atom. The summed E-state index contributed by atoms with van der Waals surface area (Å²) < 4.78 is 0. The van der Waals surface area contributed by atoms with E-state index in [2.05, 4.69) is 20.2 Å². The van der Waals surface area contributed by atoms with Crippen LogP contribution in [0.25, 0.3) is 10.9 Å². The molecule has 35 heavy (non-hydrogen) atoms. The van der Waals surface area contributed by atoms with Crippen LogP contribution in [0, 0.1) is 0 Å². The van der Waals surface area contributed by atoms with Crippen LogP contribution in [0.4, 0.5) is 10.5 Å².